The molecule has 0 saturated heterocycles. The van der Waals surface area contributed by atoms with Crippen LogP contribution in [0, 0.1) is 11.3 Å². The van der Waals surface area contributed by atoms with Crippen LogP contribution in [0.1, 0.15) is 19.4 Å². The van der Waals surface area contributed by atoms with E-state index in [-0.39, 0.29) is 23.5 Å². The van der Waals surface area contributed by atoms with Crippen molar-refractivity contribution in [1.82, 2.24) is 15.0 Å². The lowest BCUT2D eigenvalue weighted by molar-refractivity contribution is 0.243. The molecule has 0 bridgehead atoms. The molecule has 0 radical (unpaired) electrons. The molecule has 0 atom stereocenters. The number of nitrogens with zero attached hydrogens (tertiary/aromatic N) is 4. The molecule has 3 aromatic rings. The Bertz CT molecular complexity index is 994. The number of rotatable bonds is 5. The van der Waals surface area contributed by atoms with Crippen molar-refractivity contribution in [3.63, 3.8) is 0 Å². The van der Waals surface area contributed by atoms with Crippen LogP contribution < -0.4 is 15.2 Å². The average molecular weight is 361 g/mol. The van der Waals surface area contributed by atoms with Crippen molar-refractivity contribution in [2.45, 2.75) is 20.0 Å². The number of pyridine rings is 1. The molecule has 2 N–H and O–H groups in total. The van der Waals surface area contributed by atoms with E-state index < -0.39 is 0 Å². The molecule has 2 heterocycles. The van der Waals surface area contributed by atoms with E-state index in [0.717, 1.165) is 5.56 Å². The molecular formula is C20H19N5O2. The third-order valence-corrected chi connectivity index (χ3v) is 3.81. The van der Waals surface area contributed by atoms with Crippen molar-refractivity contribution in [2.24, 2.45) is 0 Å². The topological polar surface area (TPSA) is 107 Å². The zero-order valence-electron chi connectivity index (χ0n) is 15.3. The van der Waals surface area contributed by atoms with Crippen LogP contribution in [0.4, 0.5) is 5.82 Å². The van der Waals surface area contributed by atoms with Gasteiger partial charge in [-0.05, 0) is 32.0 Å². The van der Waals surface area contributed by atoms with Crippen LogP contribution >= 0.6 is 0 Å². The van der Waals surface area contributed by atoms with Gasteiger partial charge in [-0.1, -0.05) is 12.1 Å². The molecule has 3 rings (SSSR count). The highest BCUT2D eigenvalue weighted by Gasteiger charge is 2.16. The molecule has 2 aromatic heterocycles. The lowest BCUT2D eigenvalue weighted by atomic mass is 10.00. The van der Waals surface area contributed by atoms with E-state index >= 15 is 0 Å². The molecule has 136 valence electrons. The van der Waals surface area contributed by atoms with Crippen LogP contribution in [0.15, 0.2) is 42.7 Å². The summed E-state index contributed by atoms with van der Waals surface area (Å²) >= 11 is 0. The van der Waals surface area contributed by atoms with E-state index in [9.17, 15) is 5.26 Å². The van der Waals surface area contributed by atoms with E-state index in [4.69, 9.17) is 15.2 Å². The SMILES string of the molecule is COc1ncc(-c2cc(-c3ccccc3OC(C)C)nc(N)c2C#N)cn1. The number of benzene rings is 1. The molecular weight excluding hydrogens is 342 g/mol. The second-order valence-electron chi connectivity index (χ2n) is 6.05. The lowest BCUT2D eigenvalue weighted by Crippen LogP contribution is -2.07. The number of nitrogen functional groups attached to an aromatic ring is 1. The minimum Gasteiger partial charge on any atom is -0.490 e. The maximum atomic E-state index is 9.54. The Hall–Kier alpha value is -3.66. The van der Waals surface area contributed by atoms with E-state index in [1.807, 2.05) is 38.1 Å². The van der Waals surface area contributed by atoms with Crippen LogP contribution in [0.2, 0.25) is 0 Å². The highest BCUT2D eigenvalue weighted by atomic mass is 16.5. The zero-order valence-corrected chi connectivity index (χ0v) is 15.3. The monoisotopic (exact) mass is 361 g/mol. The fourth-order valence-corrected chi connectivity index (χ4v) is 2.64. The van der Waals surface area contributed by atoms with E-state index in [2.05, 4.69) is 21.0 Å². The summed E-state index contributed by atoms with van der Waals surface area (Å²) in [6, 6.07) is 11.7. The Morgan fingerprint density at radius 2 is 1.81 bits per heavy atom. The Kier molecular flexibility index (Phi) is 5.18. The maximum Gasteiger partial charge on any atom is 0.316 e. The number of aromatic nitrogens is 3. The third kappa shape index (κ3) is 3.80. The Morgan fingerprint density at radius 3 is 2.44 bits per heavy atom. The third-order valence-electron chi connectivity index (χ3n) is 3.81. The fourth-order valence-electron chi connectivity index (χ4n) is 2.64. The van der Waals surface area contributed by atoms with Gasteiger partial charge in [0, 0.05) is 29.1 Å². The van der Waals surface area contributed by atoms with Crippen molar-refractivity contribution < 1.29 is 9.47 Å². The molecule has 0 unspecified atom stereocenters. The van der Waals surface area contributed by atoms with Crippen molar-refractivity contribution in [3.05, 3.63) is 48.3 Å². The minimum absolute atomic E-state index is 0.0105. The van der Waals surface area contributed by atoms with Gasteiger partial charge in [0.05, 0.1) is 18.9 Å². The number of nitriles is 1. The highest BCUT2D eigenvalue weighted by Crippen LogP contribution is 2.35. The molecule has 0 saturated carbocycles. The standard InChI is InChI=1S/C20H19N5O2/c1-12(2)27-18-7-5-4-6-14(18)17-8-15(16(9-21)19(22)25-17)13-10-23-20(26-3)24-11-13/h4-8,10-12H,1-3H3,(H2,22,25). The van der Waals surface area contributed by atoms with Gasteiger partial charge < -0.3 is 15.2 Å². The second kappa shape index (κ2) is 7.70. The normalized spacial score (nSPS) is 10.5. The molecule has 0 aliphatic rings. The zero-order chi connectivity index (χ0) is 19.4. The molecule has 7 nitrogen and oxygen atoms in total. The summed E-state index contributed by atoms with van der Waals surface area (Å²) in [6.07, 6.45) is 3.18. The largest absolute Gasteiger partial charge is 0.490 e. The van der Waals surface area contributed by atoms with Gasteiger partial charge >= 0.3 is 6.01 Å². The minimum atomic E-state index is 0.0105. The van der Waals surface area contributed by atoms with Gasteiger partial charge in [-0.2, -0.15) is 5.26 Å². The first-order valence-corrected chi connectivity index (χ1v) is 8.36. The van der Waals surface area contributed by atoms with Crippen molar-refractivity contribution >= 4 is 5.82 Å². The molecule has 7 heteroatoms. The lowest BCUT2D eigenvalue weighted by Gasteiger charge is -2.15. The van der Waals surface area contributed by atoms with Crippen molar-refractivity contribution in [1.29, 1.82) is 5.26 Å². The summed E-state index contributed by atoms with van der Waals surface area (Å²) in [4.78, 5) is 12.6. The van der Waals surface area contributed by atoms with Crippen LogP contribution in [0.3, 0.4) is 0 Å². The predicted octanol–water partition coefficient (Wildman–Crippen LogP) is 3.46. The van der Waals surface area contributed by atoms with Gasteiger partial charge in [0.1, 0.15) is 23.2 Å². The first-order chi connectivity index (χ1) is 13.0. The number of para-hydroxylation sites is 1. The maximum absolute atomic E-state index is 9.54. The van der Waals surface area contributed by atoms with Gasteiger partial charge in [0.15, 0.2) is 0 Å². The van der Waals surface area contributed by atoms with Crippen molar-refractivity contribution in [3.8, 4) is 40.2 Å². The van der Waals surface area contributed by atoms with Gasteiger partial charge in [-0.15, -0.1) is 0 Å². The smallest absolute Gasteiger partial charge is 0.316 e. The Labute approximate surface area is 157 Å². The number of methoxy groups -OCH3 is 1. The molecule has 0 spiro atoms. The Balaban J connectivity index is 2.17. The number of anilines is 1. The Morgan fingerprint density at radius 1 is 1.11 bits per heavy atom. The van der Waals surface area contributed by atoms with Crippen LogP contribution in [-0.4, -0.2) is 28.2 Å². The number of ether oxygens (including phenoxy) is 2. The van der Waals surface area contributed by atoms with E-state index in [0.29, 0.717) is 22.6 Å². The summed E-state index contributed by atoms with van der Waals surface area (Å²) in [5.41, 5.74) is 8.99. The summed E-state index contributed by atoms with van der Waals surface area (Å²) in [5, 5.41) is 9.54. The summed E-state index contributed by atoms with van der Waals surface area (Å²) in [5.74, 6) is 0.834. The molecule has 0 aliphatic carbocycles. The second-order valence-corrected chi connectivity index (χ2v) is 6.05. The van der Waals surface area contributed by atoms with E-state index in [1.54, 1.807) is 18.5 Å². The van der Waals surface area contributed by atoms with Crippen LogP contribution in [-0.2, 0) is 0 Å². The van der Waals surface area contributed by atoms with Gasteiger partial charge in [-0.3, -0.25) is 0 Å². The average Bonchev–Trinajstić information content (AvgIpc) is 2.67. The summed E-state index contributed by atoms with van der Waals surface area (Å²) < 4.78 is 10.9. The first-order valence-electron chi connectivity index (χ1n) is 8.36. The van der Waals surface area contributed by atoms with Crippen LogP contribution in [0.25, 0.3) is 22.4 Å². The predicted molar refractivity (Wildman–Crippen MR) is 102 cm³/mol. The summed E-state index contributed by atoms with van der Waals surface area (Å²) in [7, 11) is 1.49. The van der Waals surface area contributed by atoms with Crippen LogP contribution in [0.5, 0.6) is 11.8 Å². The first kappa shape index (κ1) is 18.1. The van der Waals surface area contributed by atoms with Gasteiger partial charge in [0.2, 0.25) is 0 Å². The molecule has 0 fully saturated rings. The fraction of sp³-hybridized carbons (Fsp3) is 0.200. The number of nitrogens with two attached hydrogens (primary N) is 1. The van der Waals surface area contributed by atoms with Gasteiger partial charge in [-0.25, -0.2) is 15.0 Å². The molecule has 0 amide bonds. The number of hydrogen-bond acceptors (Lipinski definition) is 7. The van der Waals surface area contributed by atoms with E-state index in [1.165, 1.54) is 7.11 Å². The number of hydrogen-bond donors (Lipinski definition) is 1. The summed E-state index contributed by atoms with van der Waals surface area (Å²) in [6.45, 7) is 3.91. The molecule has 1 aromatic carbocycles. The highest BCUT2D eigenvalue weighted by molar-refractivity contribution is 5.81. The van der Waals surface area contributed by atoms with Gasteiger partial charge in [0.25, 0.3) is 0 Å². The molecule has 27 heavy (non-hydrogen) atoms. The van der Waals surface area contributed by atoms with Crippen molar-refractivity contribution in [2.75, 3.05) is 12.8 Å². The molecule has 0 aliphatic heterocycles. The quantitative estimate of drug-likeness (QED) is 0.741.